The standard InChI is InChI=1S/C12H8Br2ClNO/c13-6-8-1-4-12(16-7-8)17-11-5-9(14)2-3-10(11)15/h1-5,7H,6H2. The molecule has 0 radical (unpaired) electrons. The number of nitrogens with zero attached hydrogens (tertiary/aromatic N) is 1. The third kappa shape index (κ3) is 3.44. The zero-order chi connectivity index (χ0) is 12.3. The molecule has 17 heavy (non-hydrogen) atoms. The molecule has 2 nitrogen and oxygen atoms in total. The lowest BCUT2D eigenvalue weighted by atomic mass is 10.3. The third-order valence-corrected chi connectivity index (χ3v) is 3.51. The van der Waals surface area contributed by atoms with E-state index in [-0.39, 0.29) is 0 Å². The van der Waals surface area contributed by atoms with Crippen molar-refractivity contribution in [3.63, 3.8) is 0 Å². The summed E-state index contributed by atoms with van der Waals surface area (Å²) in [4.78, 5) is 4.19. The second-order valence-electron chi connectivity index (χ2n) is 3.32. The van der Waals surface area contributed by atoms with Gasteiger partial charge >= 0.3 is 0 Å². The minimum Gasteiger partial charge on any atom is -0.437 e. The van der Waals surface area contributed by atoms with Gasteiger partial charge in [0, 0.05) is 22.1 Å². The number of halogens is 3. The molecule has 0 bridgehead atoms. The Morgan fingerprint density at radius 2 is 2.06 bits per heavy atom. The molecule has 1 heterocycles. The van der Waals surface area contributed by atoms with E-state index >= 15 is 0 Å². The summed E-state index contributed by atoms with van der Waals surface area (Å²) in [5.74, 6) is 1.11. The molecular formula is C12H8Br2ClNO. The first-order valence-electron chi connectivity index (χ1n) is 4.83. The first-order chi connectivity index (χ1) is 8.19. The molecule has 0 aliphatic rings. The number of alkyl halides is 1. The molecule has 0 aliphatic heterocycles. The van der Waals surface area contributed by atoms with Crippen LogP contribution in [0.2, 0.25) is 5.02 Å². The molecule has 0 unspecified atom stereocenters. The van der Waals surface area contributed by atoms with Crippen LogP contribution in [0, 0.1) is 0 Å². The fraction of sp³-hybridized carbons (Fsp3) is 0.0833. The quantitative estimate of drug-likeness (QED) is 0.687. The summed E-state index contributed by atoms with van der Waals surface area (Å²) in [5.41, 5.74) is 1.10. The largest absolute Gasteiger partial charge is 0.437 e. The molecule has 1 aromatic heterocycles. The van der Waals surface area contributed by atoms with Crippen molar-refractivity contribution in [3.05, 3.63) is 51.6 Å². The van der Waals surface area contributed by atoms with Crippen molar-refractivity contribution >= 4 is 43.5 Å². The summed E-state index contributed by atoms with van der Waals surface area (Å²) in [7, 11) is 0. The van der Waals surface area contributed by atoms with Gasteiger partial charge in [0.25, 0.3) is 0 Å². The zero-order valence-electron chi connectivity index (χ0n) is 8.66. The number of benzene rings is 1. The van der Waals surface area contributed by atoms with Crippen LogP contribution < -0.4 is 4.74 Å². The van der Waals surface area contributed by atoms with E-state index in [4.69, 9.17) is 16.3 Å². The van der Waals surface area contributed by atoms with Gasteiger partial charge < -0.3 is 4.74 Å². The SMILES string of the molecule is Clc1ccc(Br)cc1Oc1ccc(CBr)cn1. The highest BCUT2D eigenvalue weighted by Crippen LogP contribution is 2.31. The second kappa shape index (κ2) is 5.85. The number of pyridine rings is 1. The van der Waals surface area contributed by atoms with Gasteiger partial charge in [0.05, 0.1) is 5.02 Å². The summed E-state index contributed by atoms with van der Waals surface area (Å²) in [6.07, 6.45) is 1.76. The molecule has 88 valence electrons. The molecule has 0 N–H and O–H groups in total. The maximum atomic E-state index is 6.02. The van der Waals surface area contributed by atoms with Crippen molar-refractivity contribution in [2.75, 3.05) is 0 Å². The van der Waals surface area contributed by atoms with Gasteiger partial charge in [-0.05, 0) is 23.8 Å². The number of rotatable bonds is 3. The van der Waals surface area contributed by atoms with Gasteiger partial charge in [0.1, 0.15) is 5.75 Å². The Morgan fingerprint density at radius 3 is 2.71 bits per heavy atom. The lowest BCUT2D eigenvalue weighted by Gasteiger charge is -2.07. The molecule has 0 spiro atoms. The van der Waals surface area contributed by atoms with Gasteiger partial charge in [0.15, 0.2) is 0 Å². The molecular weight excluding hydrogens is 369 g/mol. The van der Waals surface area contributed by atoms with Crippen molar-refractivity contribution in [1.29, 1.82) is 0 Å². The smallest absolute Gasteiger partial charge is 0.219 e. The molecule has 0 saturated heterocycles. The van der Waals surface area contributed by atoms with E-state index in [0.29, 0.717) is 16.7 Å². The van der Waals surface area contributed by atoms with E-state index in [2.05, 4.69) is 36.8 Å². The second-order valence-corrected chi connectivity index (χ2v) is 5.20. The van der Waals surface area contributed by atoms with E-state index in [9.17, 15) is 0 Å². The van der Waals surface area contributed by atoms with Crippen LogP contribution in [0.25, 0.3) is 0 Å². The van der Waals surface area contributed by atoms with Gasteiger partial charge in [-0.2, -0.15) is 0 Å². The molecule has 0 amide bonds. The fourth-order valence-corrected chi connectivity index (χ4v) is 2.05. The molecule has 2 rings (SSSR count). The van der Waals surface area contributed by atoms with Crippen LogP contribution in [0.3, 0.4) is 0 Å². The lowest BCUT2D eigenvalue weighted by molar-refractivity contribution is 0.462. The average Bonchev–Trinajstić information content (AvgIpc) is 2.35. The summed E-state index contributed by atoms with van der Waals surface area (Å²) in [6, 6.07) is 9.20. The summed E-state index contributed by atoms with van der Waals surface area (Å²) >= 11 is 12.8. The van der Waals surface area contributed by atoms with Crippen LogP contribution >= 0.6 is 43.5 Å². The first kappa shape index (κ1) is 12.9. The van der Waals surface area contributed by atoms with E-state index in [1.807, 2.05) is 24.3 Å². The Labute approximate surface area is 121 Å². The first-order valence-corrected chi connectivity index (χ1v) is 7.12. The van der Waals surface area contributed by atoms with E-state index < -0.39 is 0 Å². The van der Waals surface area contributed by atoms with E-state index in [1.54, 1.807) is 12.3 Å². The molecule has 0 saturated carbocycles. The van der Waals surface area contributed by atoms with Crippen LogP contribution in [0.1, 0.15) is 5.56 Å². The van der Waals surface area contributed by atoms with Gasteiger partial charge in [0.2, 0.25) is 5.88 Å². The number of ether oxygens (including phenoxy) is 1. The third-order valence-electron chi connectivity index (χ3n) is 2.06. The highest BCUT2D eigenvalue weighted by Gasteiger charge is 2.04. The Kier molecular flexibility index (Phi) is 4.42. The van der Waals surface area contributed by atoms with Crippen LogP contribution in [0.15, 0.2) is 41.0 Å². The van der Waals surface area contributed by atoms with Crippen molar-refractivity contribution in [3.8, 4) is 11.6 Å². The van der Waals surface area contributed by atoms with Crippen LogP contribution in [-0.4, -0.2) is 4.98 Å². The topological polar surface area (TPSA) is 22.1 Å². The number of aromatic nitrogens is 1. The summed E-state index contributed by atoms with van der Waals surface area (Å²) in [6.45, 7) is 0. The van der Waals surface area contributed by atoms with Crippen LogP contribution in [0.5, 0.6) is 11.6 Å². The molecule has 1 aromatic carbocycles. The van der Waals surface area contributed by atoms with Crippen molar-refractivity contribution in [2.45, 2.75) is 5.33 Å². The minimum atomic E-state index is 0.523. The Hall–Kier alpha value is -0.580. The highest BCUT2D eigenvalue weighted by atomic mass is 79.9. The monoisotopic (exact) mass is 375 g/mol. The van der Waals surface area contributed by atoms with Crippen molar-refractivity contribution < 1.29 is 4.74 Å². The Balaban J connectivity index is 2.22. The maximum absolute atomic E-state index is 6.02. The Bertz CT molecular complexity index is 516. The number of hydrogen-bond acceptors (Lipinski definition) is 2. The van der Waals surface area contributed by atoms with Gasteiger partial charge in [-0.3, -0.25) is 0 Å². The van der Waals surface area contributed by atoms with Crippen molar-refractivity contribution in [2.24, 2.45) is 0 Å². The summed E-state index contributed by atoms with van der Waals surface area (Å²) in [5, 5.41) is 1.33. The lowest BCUT2D eigenvalue weighted by Crippen LogP contribution is -1.89. The normalized spacial score (nSPS) is 10.3. The Morgan fingerprint density at radius 1 is 1.24 bits per heavy atom. The molecule has 5 heteroatoms. The van der Waals surface area contributed by atoms with Gasteiger partial charge in [-0.25, -0.2) is 4.98 Å². The van der Waals surface area contributed by atoms with Gasteiger partial charge in [-0.15, -0.1) is 0 Å². The highest BCUT2D eigenvalue weighted by molar-refractivity contribution is 9.10. The van der Waals surface area contributed by atoms with E-state index in [1.165, 1.54) is 0 Å². The number of hydrogen-bond donors (Lipinski definition) is 0. The maximum Gasteiger partial charge on any atom is 0.219 e. The predicted octanol–water partition coefficient (Wildman–Crippen LogP) is 5.18. The molecule has 0 atom stereocenters. The van der Waals surface area contributed by atoms with Crippen LogP contribution in [-0.2, 0) is 5.33 Å². The zero-order valence-corrected chi connectivity index (χ0v) is 12.6. The molecule has 2 aromatic rings. The van der Waals surface area contributed by atoms with Crippen LogP contribution in [0.4, 0.5) is 0 Å². The molecule has 0 aliphatic carbocycles. The van der Waals surface area contributed by atoms with Crippen molar-refractivity contribution in [1.82, 2.24) is 4.98 Å². The van der Waals surface area contributed by atoms with E-state index in [0.717, 1.165) is 15.4 Å². The molecule has 0 fully saturated rings. The summed E-state index contributed by atoms with van der Waals surface area (Å²) < 4.78 is 6.51. The minimum absolute atomic E-state index is 0.523. The predicted molar refractivity (Wildman–Crippen MR) is 76.1 cm³/mol. The van der Waals surface area contributed by atoms with Gasteiger partial charge in [-0.1, -0.05) is 49.5 Å². The average molecular weight is 377 g/mol. The fourth-order valence-electron chi connectivity index (χ4n) is 1.22.